The topological polar surface area (TPSA) is 185 Å². The van der Waals surface area contributed by atoms with Gasteiger partial charge in [0.25, 0.3) is 0 Å². The molecule has 18 heteroatoms. The number of benzene rings is 4. The number of nitrogens with zero attached hydrogens (tertiary/aromatic N) is 5. The summed E-state index contributed by atoms with van der Waals surface area (Å²) in [6.07, 6.45) is 7.91. The fourth-order valence-corrected chi connectivity index (χ4v) is 13.1. The fourth-order valence-electron chi connectivity index (χ4n) is 12.9. The average Bonchev–Trinajstić information content (AvgIpc) is 3.84. The van der Waals surface area contributed by atoms with E-state index in [4.69, 9.17) is 26.8 Å². The summed E-state index contributed by atoms with van der Waals surface area (Å²) in [5.74, 6) is -2.44. The molecule has 6 aliphatic rings. The fraction of sp³-hybridized carbons (Fsp3) is 0.473. The van der Waals surface area contributed by atoms with Crippen molar-refractivity contribution in [1.29, 1.82) is 0 Å². The number of primary amides is 1. The van der Waals surface area contributed by atoms with Crippen LogP contribution in [0.15, 0.2) is 66.7 Å². The molecule has 2 aliphatic carbocycles. The number of likely N-dealkylation sites (tertiary alicyclic amines) is 2. The predicted molar refractivity (Wildman–Crippen MR) is 271 cm³/mol. The second-order valence-corrected chi connectivity index (χ2v) is 21.6. The Morgan fingerprint density at radius 1 is 0.986 bits per heavy atom. The van der Waals surface area contributed by atoms with Gasteiger partial charge in [0.1, 0.15) is 18.2 Å². The highest BCUT2D eigenvalue weighted by Gasteiger charge is 2.52. The van der Waals surface area contributed by atoms with Crippen molar-refractivity contribution in [2.45, 2.75) is 94.2 Å². The summed E-state index contributed by atoms with van der Waals surface area (Å²) in [5, 5.41) is 20.7. The summed E-state index contributed by atoms with van der Waals surface area (Å²) in [5.41, 5.74) is 7.94. The standard InChI is InChI=1S/C55H61ClF2N8O7/c1-31-45-43(25-40(57)48(56)47(45)46-39(50(59)69)14-15-42(49(46)58)72-23-22-67)73-55(31,35-6-4-3-5-7-35)28-60-36-11-8-33(9-12-36)52(70)64-26-37(27-64)65-29-54(30-65)19-16-32(17-20-54)34-10-13-38-41(24-34)63(2)62-51(38)66-21-18-44(68)61-53(66)71/h3-7,10,13-15,24-25,31-33,36-37,60,67H,8-9,11-12,16-23,26-30H2,1-2H3,(H2,59,69)(H,61,68,71)/t31-,33?,36?,55?/m0/s1. The molecule has 0 radical (unpaired) electrons. The molecule has 2 saturated carbocycles. The van der Waals surface area contributed by atoms with Gasteiger partial charge in [-0.3, -0.25) is 34.2 Å². The summed E-state index contributed by atoms with van der Waals surface area (Å²) in [6.45, 7) is 5.63. The van der Waals surface area contributed by atoms with Crippen LogP contribution in [0.25, 0.3) is 22.0 Å². The zero-order chi connectivity index (χ0) is 50.9. The lowest BCUT2D eigenvalue weighted by atomic mass is 9.64. The molecule has 15 nitrogen and oxygen atoms in total. The molecule has 5 fully saturated rings. The molecule has 1 spiro atoms. The number of aliphatic hydroxyl groups is 1. The van der Waals surface area contributed by atoms with Gasteiger partial charge in [-0.25, -0.2) is 13.6 Å². The van der Waals surface area contributed by atoms with Gasteiger partial charge in [-0.2, -0.15) is 5.10 Å². The Bertz CT molecular complexity index is 3000. The highest BCUT2D eigenvalue weighted by Crippen LogP contribution is 2.57. The number of hydrogen-bond acceptors (Lipinski definition) is 10. The van der Waals surface area contributed by atoms with E-state index in [0.717, 1.165) is 81.2 Å². The molecule has 3 saturated heterocycles. The summed E-state index contributed by atoms with van der Waals surface area (Å²) in [4.78, 5) is 57.1. The number of nitrogens with two attached hydrogens (primary N) is 1. The van der Waals surface area contributed by atoms with E-state index in [0.29, 0.717) is 41.8 Å². The van der Waals surface area contributed by atoms with Gasteiger partial charge in [-0.15, -0.1) is 0 Å². The van der Waals surface area contributed by atoms with E-state index in [9.17, 15) is 24.3 Å². The van der Waals surface area contributed by atoms with Crippen molar-refractivity contribution in [1.82, 2.24) is 30.2 Å². The molecule has 0 bridgehead atoms. The molecule has 4 aromatic carbocycles. The maximum atomic E-state index is 16.5. The van der Waals surface area contributed by atoms with Crippen molar-refractivity contribution in [3.63, 3.8) is 0 Å². The Labute approximate surface area is 427 Å². The summed E-state index contributed by atoms with van der Waals surface area (Å²) in [6, 6.07) is 19.8. The van der Waals surface area contributed by atoms with Gasteiger partial charge in [0, 0.05) is 105 Å². The van der Waals surface area contributed by atoms with Crippen LogP contribution in [0.2, 0.25) is 5.02 Å². The lowest BCUT2D eigenvalue weighted by Crippen LogP contribution is -2.70. The van der Waals surface area contributed by atoms with Crippen molar-refractivity contribution in [2.24, 2.45) is 24.1 Å². The van der Waals surface area contributed by atoms with Crippen molar-refractivity contribution < 1.29 is 42.5 Å². The monoisotopic (exact) mass is 1020 g/mol. The average molecular weight is 1020 g/mol. The largest absolute Gasteiger partial charge is 0.488 e. The molecule has 4 aliphatic heterocycles. The van der Waals surface area contributed by atoms with Crippen LogP contribution >= 0.6 is 11.6 Å². The molecule has 5 amide bonds. The van der Waals surface area contributed by atoms with Crippen LogP contribution in [0.3, 0.4) is 0 Å². The van der Waals surface area contributed by atoms with Crippen molar-refractivity contribution in [3.8, 4) is 22.6 Å². The third kappa shape index (κ3) is 8.68. The number of urea groups is 1. The number of nitrogens with one attached hydrogen (secondary N) is 2. The van der Waals surface area contributed by atoms with E-state index in [1.165, 1.54) is 36.6 Å². The zero-order valence-corrected chi connectivity index (χ0v) is 41.9. The minimum Gasteiger partial charge on any atom is -0.488 e. The van der Waals surface area contributed by atoms with Gasteiger partial charge in [0.05, 0.1) is 22.7 Å². The quantitative estimate of drug-likeness (QED) is 0.0922. The van der Waals surface area contributed by atoms with Crippen LogP contribution in [0.1, 0.15) is 104 Å². The Balaban J connectivity index is 0.686. The number of halogens is 3. The van der Waals surface area contributed by atoms with Crippen LogP contribution in [0.5, 0.6) is 11.5 Å². The van der Waals surface area contributed by atoms with Gasteiger partial charge in [0.15, 0.2) is 23.0 Å². The third-order valence-corrected chi connectivity index (χ3v) is 17.4. The van der Waals surface area contributed by atoms with E-state index in [1.54, 1.807) is 4.90 Å². The first-order chi connectivity index (χ1) is 35.2. The first-order valence-electron chi connectivity index (χ1n) is 25.6. The van der Waals surface area contributed by atoms with E-state index in [-0.39, 0.29) is 71.6 Å². The molecule has 1 aromatic heterocycles. The third-order valence-electron chi connectivity index (χ3n) is 17.1. The molecule has 73 heavy (non-hydrogen) atoms. The number of rotatable bonds is 13. The summed E-state index contributed by atoms with van der Waals surface area (Å²) >= 11 is 6.73. The molecule has 2 atom stereocenters. The van der Waals surface area contributed by atoms with Gasteiger partial charge < -0.3 is 30.5 Å². The number of aromatic nitrogens is 2. The van der Waals surface area contributed by atoms with Crippen molar-refractivity contribution >= 4 is 52.1 Å². The van der Waals surface area contributed by atoms with Crippen molar-refractivity contribution in [2.75, 3.05) is 57.4 Å². The maximum absolute atomic E-state index is 16.5. The smallest absolute Gasteiger partial charge is 0.329 e. The number of ether oxygens (including phenoxy) is 2. The number of aliphatic hydroxyl groups excluding tert-OH is 1. The molecular weight excluding hydrogens is 958 g/mol. The number of hydrogen-bond donors (Lipinski definition) is 4. The summed E-state index contributed by atoms with van der Waals surface area (Å²) < 4.78 is 46.4. The van der Waals surface area contributed by atoms with Gasteiger partial charge >= 0.3 is 6.03 Å². The number of fused-ring (bicyclic) bond motifs is 2. The Morgan fingerprint density at radius 2 is 1.73 bits per heavy atom. The highest BCUT2D eigenvalue weighted by atomic mass is 35.5. The molecule has 5 heterocycles. The van der Waals surface area contributed by atoms with E-state index in [1.807, 2.05) is 53.9 Å². The first kappa shape index (κ1) is 49.1. The molecule has 5 aromatic rings. The molecular formula is C55H61ClF2N8O7. The van der Waals surface area contributed by atoms with Crippen LogP contribution in [0, 0.1) is 23.0 Å². The van der Waals surface area contributed by atoms with Crippen LogP contribution in [0.4, 0.5) is 19.4 Å². The van der Waals surface area contributed by atoms with E-state index >= 15 is 8.78 Å². The Kier molecular flexibility index (Phi) is 13.0. The normalized spacial score (nSPS) is 24.3. The first-order valence-corrected chi connectivity index (χ1v) is 26.0. The zero-order valence-electron chi connectivity index (χ0n) is 41.1. The highest BCUT2D eigenvalue weighted by molar-refractivity contribution is 6.34. The predicted octanol–water partition coefficient (Wildman–Crippen LogP) is 7.50. The number of carbonyl (C=O) groups is 4. The van der Waals surface area contributed by atoms with Gasteiger partial charge in [0.2, 0.25) is 17.7 Å². The minimum absolute atomic E-state index is 0.0442. The maximum Gasteiger partial charge on any atom is 0.329 e. The molecule has 384 valence electrons. The minimum atomic E-state index is -1.10. The van der Waals surface area contributed by atoms with Crippen molar-refractivity contribution in [3.05, 3.63) is 106 Å². The molecule has 11 rings (SSSR count). The van der Waals surface area contributed by atoms with Crippen LogP contribution < -0.4 is 30.7 Å². The summed E-state index contributed by atoms with van der Waals surface area (Å²) in [7, 11) is 1.90. The van der Waals surface area contributed by atoms with E-state index in [2.05, 4.69) is 38.8 Å². The number of anilines is 1. The van der Waals surface area contributed by atoms with Crippen LogP contribution in [-0.4, -0.2) is 113 Å². The SMILES string of the molecule is C[C@H]1c2c(cc(F)c(Cl)c2-c2c(C(N)=O)ccc(OCCO)c2F)OC1(CNC1CCC(C(=O)N2CC(N3CC4(CCC(c5ccc6c(N7CCC(=O)NC7=O)nn(C)c6c5)CC4)C3)C2)CC1)c1ccccc1. The Hall–Kier alpha value is -6.14. The second kappa shape index (κ2) is 19.3. The lowest BCUT2D eigenvalue weighted by molar-refractivity contribution is -0.151. The molecule has 5 N–H and O–H groups in total. The second-order valence-electron chi connectivity index (χ2n) is 21.3. The molecule has 1 unspecified atom stereocenters. The van der Waals surface area contributed by atoms with Crippen LogP contribution in [-0.2, 0) is 22.2 Å². The van der Waals surface area contributed by atoms with Gasteiger partial charge in [-0.05, 0) is 98.1 Å². The lowest BCUT2D eigenvalue weighted by Gasteiger charge is -2.59. The number of amides is 5. The van der Waals surface area contributed by atoms with E-state index < -0.39 is 40.1 Å². The Morgan fingerprint density at radius 3 is 2.42 bits per heavy atom. The number of imide groups is 1. The van der Waals surface area contributed by atoms with Gasteiger partial charge in [-0.1, -0.05) is 54.9 Å². The number of carbonyl (C=O) groups excluding carboxylic acids is 4. The number of aryl methyl sites for hydroxylation is 1.